The van der Waals surface area contributed by atoms with Gasteiger partial charge in [0.15, 0.2) is 0 Å². The van der Waals surface area contributed by atoms with Crippen LogP contribution in [0.3, 0.4) is 0 Å². The number of aliphatic hydroxyl groups is 1. The number of allylic oxidation sites excluding steroid dienone is 4. The maximum Gasteiger partial charge on any atom is 0.0515 e. The average molecular weight is 266 g/mol. The van der Waals surface area contributed by atoms with Crippen molar-refractivity contribution in [2.45, 2.75) is 85.7 Å². The molecule has 0 rings (SSSR count). The van der Waals surface area contributed by atoms with Gasteiger partial charge < -0.3 is 5.11 Å². The molecule has 1 unspecified atom stereocenters. The molecule has 1 nitrogen and oxygen atoms in total. The van der Waals surface area contributed by atoms with Crippen molar-refractivity contribution < 1.29 is 5.11 Å². The minimum Gasteiger partial charge on any atom is -0.393 e. The van der Waals surface area contributed by atoms with Gasteiger partial charge in [-0.1, -0.05) is 43.6 Å². The van der Waals surface area contributed by atoms with Crippen LogP contribution in [0.1, 0.15) is 79.6 Å². The van der Waals surface area contributed by atoms with Gasteiger partial charge in [-0.05, 0) is 65.2 Å². The van der Waals surface area contributed by atoms with Crippen molar-refractivity contribution in [1.82, 2.24) is 0 Å². The Labute approximate surface area is 120 Å². The monoisotopic (exact) mass is 266 g/mol. The minimum atomic E-state index is -0.174. The molecule has 0 spiro atoms. The zero-order valence-electron chi connectivity index (χ0n) is 13.7. The molecule has 1 N–H and O–H groups in total. The molecule has 0 amide bonds. The predicted molar refractivity (Wildman–Crippen MR) is 86.4 cm³/mol. The molecule has 112 valence electrons. The van der Waals surface area contributed by atoms with Gasteiger partial charge >= 0.3 is 0 Å². The number of aliphatic hydroxyl groups excluding tert-OH is 1. The molecule has 0 aromatic carbocycles. The Morgan fingerprint density at radius 1 is 0.895 bits per heavy atom. The molecular weight excluding hydrogens is 232 g/mol. The number of hydrogen-bond donors (Lipinski definition) is 1. The van der Waals surface area contributed by atoms with E-state index in [0.717, 1.165) is 31.6 Å². The summed E-state index contributed by atoms with van der Waals surface area (Å²) in [7, 11) is 0. The maximum absolute atomic E-state index is 9.20. The van der Waals surface area contributed by atoms with Crippen molar-refractivity contribution in [2.75, 3.05) is 0 Å². The maximum atomic E-state index is 9.20. The second kappa shape index (κ2) is 11.3. The van der Waals surface area contributed by atoms with E-state index in [2.05, 4.69) is 39.8 Å². The Hall–Kier alpha value is -0.560. The molecule has 1 heteroatoms. The van der Waals surface area contributed by atoms with Crippen LogP contribution in [0.15, 0.2) is 23.3 Å². The normalized spacial score (nSPS) is 15.1. The summed E-state index contributed by atoms with van der Waals surface area (Å²) < 4.78 is 0. The summed E-state index contributed by atoms with van der Waals surface area (Å²) in [5.74, 6) is 0.826. The van der Waals surface area contributed by atoms with Crippen LogP contribution in [0.5, 0.6) is 0 Å². The van der Waals surface area contributed by atoms with E-state index in [0.29, 0.717) is 0 Å². The molecule has 0 aliphatic heterocycles. The van der Waals surface area contributed by atoms with E-state index in [1.54, 1.807) is 0 Å². The Morgan fingerprint density at radius 2 is 1.47 bits per heavy atom. The van der Waals surface area contributed by atoms with E-state index in [-0.39, 0.29) is 6.10 Å². The fraction of sp³-hybridized carbons (Fsp3) is 0.778. The first-order valence-corrected chi connectivity index (χ1v) is 7.91. The Bertz CT molecular complexity index is 271. The van der Waals surface area contributed by atoms with Crippen LogP contribution in [0.2, 0.25) is 0 Å². The van der Waals surface area contributed by atoms with Gasteiger partial charge in [0.05, 0.1) is 6.10 Å². The molecule has 0 radical (unpaired) electrons. The van der Waals surface area contributed by atoms with Crippen molar-refractivity contribution in [3.05, 3.63) is 23.3 Å². The highest BCUT2D eigenvalue weighted by Crippen LogP contribution is 2.14. The smallest absolute Gasteiger partial charge is 0.0515 e. The highest BCUT2D eigenvalue weighted by Gasteiger charge is 1.96. The lowest BCUT2D eigenvalue weighted by Gasteiger charge is -2.05. The summed E-state index contributed by atoms with van der Waals surface area (Å²) >= 11 is 0. The van der Waals surface area contributed by atoms with E-state index >= 15 is 0 Å². The molecule has 0 bridgehead atoms. The van der Waals surface area contributed by atoms with Gasteiger partial charge in [-0.15, -0.1) is 0 Å². The molecular formula is C18H34O. The van der Waals surface area contributed by atoms with Crippen molar-refractivity contribution in [3.8, 4) is 0 Å². The average Bonchev–Trinajstić information content (AvgIpc) is 2.27. The van der Waals surface area contributed by atoms with Gasteiger partial charge in [0, 0.05) is 0 Å². The summed E-state index contributed by atoms with van der Waals surface area (Å²) in [6.45, 7) is 10.9. The molecule has 0 aromatic rings. The molecule has 19 heavy (non-hydrogen) atoms. The topological polar surface area (TPSA) is 20.2 Å². The zero-order chi connectivity index (χ0) is 14.7. The second-order valence-electron chi connectivity index (χ2n) is 6.35. The fourth-order valence-corrected chi connectivity index (χ4v) is 2.11. The fourth-order valence-electron chi connectivity index (χ4n) is 2.11. The molecule has 0 saturated heterocycles. The third-order valence-corrected chi connectivity index (χ3v) is 3.46. The largest absolute Gasteiger partial charge is 0.393 e. The van der Waals surface area contributed by atoms with E-state index < -0.39 is 0 Å². The first kappa shape index (κ1) is 18.4. The second-order valence-corrected chi connectivity index (χ2v) is 6.35. The predicted octanol–water partition coefficient (Wildman–Crippen LogP) is 5.65. The van der Waals surface area contributed by atoms with Gasteiger partial charge in [0.1, 0.15) is 0 Å². The summed E-state index contributed by atoms with van der Waals surface area (Å²) in [5.41, 5.74) is 2.99. The highest BCUT2D eigenvalue weighted by atomic mass is 16.3. The first-order chi connectivity index (χ1) is 8.91. The van der Waals surface area contributed by atoms with Gasteiger partial charge in [0.25, 0.3) is 0 Å². The standard InChI is InChI=1S/C18H34O/c1-15(2)9-6-10-16(3)11-7-12-17(4)13-8-14-18(5)19/h11,13,15,18-19H,6-10,12,14H2,1-5H3/b16-11+,17-13+. The molecule has 0 aliphatic carbocycles. The lowest BCUT2D eigenvalue weighted by atomic mass is 10.0. The Morgan fingerprint density at radius 3 is 2.05 bits per heavy atom. The zero-order valence-corrected chi connectivity index (χ0v) is 13.7. The van der Waals surface area contributed by atoms with Crippen molar-refractivity contribution in [2.24, 2.45) is 5.92 Å². The molecule has 0 aliphatic rings. The van der Waals surface area contributed by atoms with E-state index in [1.165, 1.54) is 30.4 Å². The highest BCUT2D eigenvalue weighted by molar-refractivity contribution is 5.03. The third-order valence-electron chi connectivity index (χ3n) is 3.46. The quantitative estimate of drug-likeness (QED) is 0.507. The molecule has 0 aromatic heterocycles. The van der Waals surface area contributed by atoms with Gasteiger partial charge in [-0.3, -0.25) is 0 Å². The molecule has 1 atom stereocenters. The number of hydrogen-bond acceptors (Lipinski definition) is 1. The SMILES string of the molecule is C/C(=C\CCC(C)O)CC/C=C(\C)CCCC(C)C. The van der Waals surface area contributed by atoms with Crippen LogP contribution in [0.4, 0.5) is 0 Å². The lowest BCUT2D eigenvalue weighted by Crippen LogP contribution is -1.97. The summed E-state index contributed by atoms with van der Waals surface area (Å²) in [5, 5.41) is 9.20. The van der Waals surface area contributed by atoms with Crippen LogP contribution in [-0.2, 0) is 0 Å². The summed E-state index contributed by atoms with van der Waals surface area (Å²) in [6.07, 6.45) is 12.6. The van der Waals surface area contributed by atoms with E-state index in [9.17, 15) is 5.11 Å². The van der Waals surface area contributed by atoms with Gasteiger partial charge in [-0.25, -0.2) is 0 Å². The van der Waals surface area contributed by atoms with E-state index in [4.69, 9.17) is 0 Å². The molecule has 0 fully saturated rings. The van der Waals surface area contributed by atoms with Crippen LogP contribution < -0.4 is 0 Å². The van der Waals surface area contributed by atoms with Gasteiger partial charge in [0.2, 0.25) is 0 Å². The number of rotatable bonds is 10. The van der Waals surface area contributed by atoms with Crippen molar-refractivity contribution in [3.63, 3.8) is 0 Å². The van der Waals surface area contributed by atoms with Crippen LogP contribution in [-0.4, -0.2) is 11.2 Å². The lowest BCUT2D eigenvalue weighted by molar-refractivity contribution is 0.186. The summed E-state index contributed by atoms with van der Waals surface area (Å²) in [6, 6.07) is 0. The van der Waals surface area contributed by atoms with E-state index in [1.807, 2.05) is 6.92 Å². The minimum absolute atomic E-state index is 0.174. The third kappa shape index (κ3) is 13.7. The van der Waals surface area contributed by atoms with Crippen molar-refractivity contribution in [1.29, 1.82) is 0 Å². The summed E-state index contributed by atoms with van der Waals surface area (Å²) in [4.78, 5) is 0. The Balaban J connectivity index is 3.74. The Kier molecular flexibility index (Phi) is 10.9. The van der Waals surface area contributed by atoms with Crippen LogP contribution >= 0.6 is 0 Å². The van der Waals surface area contributed by atoms with Crippen LogP contribution in [0, 0.1) is 5.92 Å². The first-order valence-electron chi connectivity index (χ1n) is 7.91. The van der Waals surface area contributed by atoms with Gasteiger partial charge in [-0.2, -0.15) is 0 Å². The molecule has 0 heterocycles. The van der Waals surface area contributed by atoms with Crippen LogP contribution in [0.25, 0.3) is 0 Å². The van der Waals surface area contributed by atoms with Crippen molar-refractivity contribution >= 4 is 0 Å². The molecule has 0 saturated carbocycles.